The van der Waals surface area contributed by atoms with Crippen LogP contribution in [0.25, 0.3) is 6.08 Å². The summed E-state index contributed by atoms with van der Waals surface area (Å²) in [6.07, 6.45) is 10.3. The Hall–Kier alpha value is -5.43. The lowest BCUT2D eigenvalue weighted by atomic mass is 9.99. The lowest BCUT2D eigenvalue weighted by molar-refractivity contribution is -0.152. The highest BCUT2D eigenvalue weighted by Crippen LogP contribution is 2.22. The highest BCUT2D eigenvalue weighted by atomic mass is 16.5. The number of aromatic nitrogens is 2. The van der Waals surface area contributed by atoms with Crippen molar-refractivity contribution >= 4 is 47.5 Å². The van der Waals surface area contributed by atoms with E-state index in [9.17, 15) is 24.0 Å². The van der Waals surface area contributed by atoms with Crippen LogP contribution in [0.15, 0.2) is 42.7 Å². The Labute approximate surface area is 274 Å². The van der Waals surface area contributed by atoms with Gasteiger partial charge in [-0.1, -0.05) is 0 Å². The first-order valence-corrected chi connectivity index (χ1v) is 15.4. The van der Waals surface area contributed by atoms with E-state index in [1.165, 1.54) is 19.1 Å². The van der Waals surface area contributed by atoms with E-state index in [0.29, 0.717) is 5.56 Å². The lowest BCUT2D eigenvalue weighted by Gasteiger charge is -2.30. The number of aldehydes is 1. The molecule has 2 aromatic rings. The van der Waals surface area contributed by atoms with Gasteiger partial charge in [-0.15, -0.1) is 0 Å². The van der Waals surface area contributed by atoms with Crippen LogP contribution in [-0.4, -0.2) is 79.2 Å². The van der Waals surface area contributed by atoms with E-state index in [0.717, 1.165) is 75.3 Å². The van der Waals surface area contributed by atoms with Gasteiger partial charge < -0.3 is 19.3 Å². The number of hydrogen-bond acceptors (Lipinski definition) is 13. The Morgan fingerprint density at radius 2 is 1.23 bits per heavy atom. The fourth-order valence-electron chi connectivity index (χ4n) is 4.49. The number of piperidine rings is 2. The topological polar surface area (TPSA) is 184 Å². The molecule has 4 rings (SSSR count). The van der Waals surface area contributed by atoms with Gasteiger partial charge >= 0.3 is 11.9 Å². The molecular weight excluding hydrogens is 604 g/mol. The second-order valence-electron chi connectivity index (χ2n) is 10.5. The third-order valence-electron chi connectivity index (χ3n) is 7.15. The zero-order chi connectivity index (χ0) is 34.6. The van der Waals surface area contributed by atoms with Crippen molar-refractivity contribution in [2.45, 2.75) is 46.5 Å². The average Bonchev–Trinajstić information content (AvgIpc) is 3.11. The number of esters is 2. The number of Topliss-reactive ketones (excluding diaryl/α,β-unsaturated/α-hetero) is 1. The molecule has 47 heavy (non-hydrogen) atoms. The molecule has 13 nitrogen and oxygen atoms in total. The van der Waals surface area contributed by atoms with Crippen molar-refractivity contribution in [2.24, 2.45) is 11.8 Å². The van der Waals surface area contributed by atoms with Gasteiger partial charge in [0.2, 0.25) is 5.78 Å². The quantitative estimate of drug-likeness (QED) is 0.167. The second-order valence-corrected chi connectivity index (χ2v) is 10.5. The summed E-state index contributed by atoms with van der Waals surface area (Å²) in [5, 5.41) is 17.7. The van der Waals surface area contributed by atoms with Crippen LogP contribution in [0.3, 0.4) is 0 Å². The first kappa shape index (κ1) is 37.8. The minimum atomic E-state index is -0.853. The molecule has 0 bridgehead atoms. The first-order chi connectivity index (χ1) is 22.6. The summed E-state index contributed by atoms with van der Waals surface area (Å²) >= 11 is 0. The third kappa shape index (κ3) is 13.2. The summed E-state index contributed by atoms with van der Waals surface area (Å²) in [6.45, 7) is 8.30. The molecule has 248 valence electrons. The molecule has 0 spiro atoms. The van der Waals surface area contributed by atoms with Gasteiger partial charge in [-0.3, -0.25) is 14.4 Å². The van der Waals surface area contributed by atoms with E-state index < -0.39 is 23.5 Å². The lowest BCUT2D eigenvalue weighted by Crippen LogP contribution is -2.33. The molecule has 2 saturated heterocycles. The van der Waals surface area contributed by atoms with Crippen LogP contribution < -0.4 is 9.80 Å². The Morgan fingerprint density at radius 1 is 0.787 bits per heavy atom. The van der Waals surface area contributed by atoms with Crippen molar-refractivity contribution in [3.63, 3.8) is 0 Å². The number of carbonyl (C=O) groups excluding carboxylic acids is 5. The third-order valence-corrected chi connectivity index (χ3v) is 7.15. The van der Waals surface area contributed by atoms with Gasteiger partial charge in [0.15, 0.2) is 6.29 Å². The predicted octanol–water partition coefficient (Wildman–Crippen LogP) is 3.74. The number of hydrogen-bond donors (Lipinski definition) is 0. The molecule has 13 heteroatoms. The molecule has 0 radical (unpaired) electrons. The van der Waals surface area contributed by atoms with E-state index in [2.05, 4.69) is 41.4 Å². The highest BCUT2D eigenvalue weighted by molar-refractivity contribution is 6.39. The Bertz CT molecular complexity index is 1450. The zero-order valence-corrected chi connectivity index (χ0v) is 27.0. The van der Waals surface area contributed by atoms with Crippen LogP contribution in [0, 0.1) is 34.5 Å². The standard InChI is InChI=1S/C17H19N3O3.C12H13N3O.C5H8O3/c1-2-23-17(22)15(21)5-3-14-4-6-16(19-12-14)20-9-7-13(11-18)8-10-20;13-7-10-3-5-15(6-4-10)12-2-1-11(9-16)8-14-12;1-3-8-5(7)4(2)6/h3-6,12-13H,2,7-10H2,1H3;1-2,8-10H,3-6H2;3H2,1-2H3/b5-3+;;. The minimum Gasteiger partial charge on any atom is -0.460 e. The molecule has 0 aromatic carbocycles. The maximum absolute atomic E-state index is 11.5. The maximum Gasteiger partial charge on any atom is 0.379 e. The van der Waals surface area contributed by atoms with E-state index in [4.69, 9.17) is 10.5 Å². The fraction of sp³-hybridized carbons (Fsp3) is 0.441. The largest absolute Gasteiger partial charge is 0.460 e. The average molecular weight is 645 g/mol. The Balaban J connectivity index is 0.000000276. The fourth-order valence-corrected chi connectivity index (χ4v) is 4.49. The van der Waals surface area contributed by atoms with Gasteiger partial charge in [-0.05, 0) is 81.5 Å². The van der Waals surface area contributed by atoms with Gasteiger partial charge in [-0.2, -0.15) is 10.5 Å². The molecular formula is C34H40N6O7. The van der Waals surface area contributed by atoms with Crippen molar-refractivity contribution in [1.29, 1.82) is 10.5 Å². The van der Waals surface area contributed by atoms with Crippen LogP contribution in [0.2, 0.25) is 0 Å². The molecule has 0 saturated carbocycles. The number of carbonyl (C=O) groups is 5. The highest BCUT2D eigenvalue weighted by Gasteiger charge is 2.20. The van der Waals surface area contributed by atoms with Crippen molar-refractivity contribution in [1.82, 2.24) is 9.97 Å². The van der Waals surface area contributed by atoms with Crippen LogP contribution in [0.5, 0.6) is 0 Å². The molecule has 0 N–H and O–H groups in total. The molecule has 2 fully saturated rings. The second kappa shape index (κ2) is 20.6. The van der Waals surface area contributed by atoms with Gasteiger partial charge in [-0.25, -0.2) is 19.6 Å². The summed E-state index contributed by atoms with van der Waals surface area (Å²) in [6, 6.07) is 11.9. The molecule has 0 aliphatic carbocycles. The Morgan fingerprint density at radius 3 is 1.57 bits per heavy atom. The van der Waals surface area contributed by atoms with E-state index in [1.807, 2.05) is 18.2 Å². The maximum atomic E-state index is 11.5. The van der Waals surface area contributed by atoms with Crippen LogP contribution >= 0.6 is 0 Å². The van der Waals surface area contributed by atoms with Crippen molar-refractivity contribution in [2.75, 3.05) is 49.2 Å². The first-order valence-electron chi connectivity index (χ1n) is 15.4. The molecule has 2 aliphatic heterocycles. The summed E-state index contributed by atoms with van der Waals surface area (Å²) in [4.78, 5) is 66.3. The summed E-state index contributed by atoms with van der Waals surface area (Å²) in [5.74, 6) is -0.771. The molecule has 0 amide bonds. The number of nitrogens with zero attached hydrogens (tertiary/aromatic N) is 6. The normalized spacial score (nSPS) is 14.7. The molecule has 2 aromatic heterocycles. The Kier molecular flexibility index (Phi) is 16.5. The number of nitriles is 2. The molecule has 0 atom stereocenters. The van der Waals surface area contributed by atoms with E-state index in [1.54, 1.807) is 32.3 Å². The number of ketones is 2. The van der Waals surface area contributed by atoms with E-state index >= 15 is 0 Å². The minimum absolute atomic E-state index is 0.141. The number of ether oxygens (including phenoxy) is 2. The van der Waals surface area contributed by atoms with Crippen molar-refractivity contribution in [3.8, 4) is 12.1 Å². The van der Waals surface area contributed by atoms with Crippen LogP contribution in [-0.2, 0) is 28.7 Å². The van der Waals surface area contributed by atoms with Crippen molar-refractivity contribution in [3.05, 3.63) is 53.9 Å². The zero-order valence-electron chi connectivity index (χ0n) is 27.0. The van der Waals surface area contributed by atoms with Gasteiger partial charge in [0.25, 0.3) is 5.78 Å². The number of rotatable bonds is 9. The summed E-state index contributed by atoms with van der Waals surface area (Å²) in [5.41, 5.74) is 1.33. The monoisotopic (exact) mass is 644 g/mol. The van der Waals surface area contributed by atoms with Crippen molar-refractivity contribution < 1.29 is 33.4 Å². The van der Waals surface area contributed by atoms with Crippen LogP contribution in [0.4, 0.5) is 11.6 Å². The number of anilines is 2. The van der Waals surface area contributed by atoms with Crippen LogP contribution in [0.1, 0.15) is 62.4 Å². The predicted molar refractivity (Wildman–Crippen MR) is 173 cm³/mol. The number of pyridine rings is 2. The van der Waals surface area contributed by atoms with Gasteiger partial charge in [0.05, 0.1) is 25.4 Å². The molecule has 2 aliphatic rings. The summed E-state index contributed by atoms with van der Waals surface area (Å²) in [7, 11) is 0. The van der Waals surface area contributed by atoms with Gasteiger partial charge in [0, 0.05) is 62.9 Å². The smallest absolute Gasteiger partial charge is 0.379 e. The summed E-state index contributed by atoms with van der Waals surface area (Å²) < 4.78 is 8.94. The SMILES string of the molecule is CCOC(=O)C(=O)/C=C/c1ccc(N2CCC(C#N)CC2)nc1.CCOC(=O)C(C)=O.N#CC1CCN(c2ccc(C=O)cn2)CC1. The molecule has 0 unspecified atom stereocenters. The molecule has 4 heterocycles. The van der Waals surface area contributed by atoms with E-state index in [-0.39, 0.29) is 25.0 Å². The van der Waals surface area contributed by atoms with Gasteiger partial charge in [0.1, 0.15) is 11.6 Å².